The number of carbonyl (C=O) groups is 3. The van der Waals surface area contributed by atoms with Gasteiger partial charge in [0.2, 0.25) is 0 Å². The van der Waals surface area contributed by atoms with Crippen LogP contribution in [0.15, 0.2) is 30.3 Å². The molecule has 4 rings (SSSR count). The Morgan fingerprint density at radius 1 is 0.875 bits per heavy atom. The highest BCUT2D eigenvalue weighted by molar-refractivity contribution is 5.97. The van der Waals surface area contributed by atoms with E-state index in [4.69, 9.17) is 4.74 Å². The van der Waals surface area contributed by atoms with Crippen LogP contribution < -0.4 is 4.90 Å². The number of rotatable bonds is 5. The van der Waals surface area contributed by atoms with E-state index in [9.17, 15) is 59.0 Å². The van der Waals surface area contributed by atoms with Gasteiger partial charge in [0, 0.05) is 18.2 Å². The summed E-state index contributed by atoms with van der Waals surface area (Å²) in [5.74, 6) is -1.80. The summed E-state index contributed by atoms with van der Waals surface area (Å²) in [4.78, 5) is 40.0. The molecule has 7 nitrogen and oxygen atoms in total. The third kappa shape index (κ3) is 7.83. The van der Waals surface area contributed by atoms with Crippen molar-refractivity contribution in [3.8, 4) is 0 Å². The molecule has 0 aromatic heterocycles. The average Bonchev–Trinajstić information content (AvgIpc) is 3.46. The number of Topliss-reactive ketones (excluding diaryl/α,β-unsaturated/α-hetero) is 1. The molecular weight excluding hydrogens is 663 g/mol. The molecular formula is C32H33F9N2O5. The number of ether oxygens (including phenoxy) is 1. The fourth-order valence-corrected chi connectivity index (χ4v) is 6.57. The fraction of sp³-hybridized carbons (Fsp3) is 0.531. The molecule has 16 heteroatoms. The van der Waals surface area contributed by atoms with Crippen LogP contribution in [0.2, 0.25) is 0 Å². The van der Waals surface area contributed by atoms with Gasteiger partial charge in [-0.25, -0.2) is 9.59 Å². The molecule has 1 aliphatic carbocycles. The lowest BCUT2D eigenvalue weighted by molar-refractivity contribution is -0.144. The molecule has 0 radical (unpaired) electrons. The number of carboxylic acid groups (broad SMARTS) is 1. The lowest BCUT2D eigenvalue weighted by Crippen LogP contribution is -2.52. The normalized spacial score (nSPS) is 19.2. The first-order valence-electron chi connectivity index (χ1n) is 14.9. The molecule has 1 aliphatic heterocycles. The van der Waals surface area contributed by atoms with Gasteiger partial charge in [-0.05, 0) is 94.3 Å². The third-order valence-electron chi connectivity index (χ3n) is 8.44. The predicted octanol–water partition coefficient (Wildman–Crippen LogP) is 9.87. The predicted molar refractivity (Wildman–Crippen MR) is 153 cm³/mol. The van der Waals surface area contributed by atoms with Crippen molar-refractivity contribution in [2.75, 3.05) is 4.90 Å². The van der Waals surface area contributed by atoms with Gasteiger partial charge in [-0.1, -0.05) is 12.8 Å². The zero-order chi connectivity index (χ0) is 36.1. The molecule has 264 valence electrons. The Bertz CT molecular complexity index is 1540. The van der Waals surface area contributed by atoms with Crippen molar-refractivity contribution in [2.24, 2.45) is 5.92 Å². The summed E-state index contributed by atoms with van der Waals surface area (Å²) in [5.41, 5.74) is -9.04. The molecule has 48 heavy (non-hydrogen) atoms. The van der Waals surface area contributed by atoms with E-state index in [-0.39, 0.29) is 35.7 Å². The molecule has 0 spiro atoms. The number of alkyl halides is 9. The highest BCUT2D eigenvalue weighted by atomic mass is 19.4. The maximum Gasteiger partial charge on any atom is 0.417 e. The quantitative estimate of drug-likeness (QED) is 0.249. The van der Waals surface area contributed by atoms with E-state index in [0.29, 0.717) is 36.8 Å². The van der Waals surface area contributed by atoms with E-state index < -0.39 is 88.5 Å². The second-order valence-corrected chi connectivity index (χ2v) is 13.0. The number of amides is 2. The smallest absolute Gasteiger partial charge is 0.417 e. The van der Waals surface area contributed by atoms with Crippen LogP contribution in [0.3, 0.4) is 0 Å². The van der Waals surface area contributed by atoms with Crippen LogP contribution in [0, 0.1) is 5.92 Å². The monoisotopic (exact) mass is 696 g/mol. The van der Waals surface area contributed by atoms with Crippen molar-refractivity contribution in [1.82, 2.24) is 4.90 Å². The van der Waals surface area contributed by atoms with Crippen molar-refractivity contribution in [1.29, 1.82) is 0 Å². The lowest BCUT2D eigenvalue weighted by atomic mass is 9.82. The lowest BCUT2D eigenvalue weighted by Gasteiger charge is -2.46. The largest absolute Gasteiger partial charge is 0.465 e. The summed E-state index contributed by atoms with van der Waals surface area (Å²) in [5, 5.41) is 10.3. The number of nitrogens with zero attached hydrogens (tertiary/aromatic N) is 2. The van der Waals surface area contributed by atoms with E-state index in [2.05, 4.69) is 0 Å². The minimum absolute atomic E-state index is 0.129. The molecule has 2 atom stereocenters. The number of benzene rings is 2. The summed E-state index contributed by atoms with van der Waals surface area (Å²) >= 11 is 0. The Labute approximate surface area is 269 Å². The van der Waals surface area contributed by atoms with E-state index in [1.807, 2.05) is 0 Å². The van der Waals surface area contributed by atoms with Crippen LogP contribution >= 0.6 is 0 Å². The molecule has 2 aromatic carbocycles. The van der Waals surface area contributed by atoms with Crippen LogP contribution in [0.25, 0.3) is 0 Å². The average molecular weight is 697 g/mol. The van der Waals surface area contributed by atoms with Gasteiger partial charge in [0.1, 0.15) is 5.60 Å². The molecule has 0 saturated heterocycles. The Kier molecular flexibility index (Phi) is 9.83. The first kappa shape index (κ1) is 36.8. The minimum Gasteiger partial charge on any atom is -0.465 e. The standard InChI is InChI=1S/C32H33F9N2O5/c1-16(44)26-21(31(36,37)38)11-17(12-22(26)32(39,40)41)15-42(27(45)46)25-14-24(18-7-5-6-8-18)43(28(47)48-29(2,3)4)23-10-9-19(13-20(23)25)30(33,34)35/h9-13,18,24-25H,5-8,14-15H2,1-4H3,(H,45,46). The van der Waals surface area contributed by atoms with E-state index >= 15 is 0 Å². The van der Waals surface area contributed by atoms with Gasteiger partial charge in [-0.2, -0.15) is 39.5 Å². The van der Waals surface area contributed by atoms with Gasteiger partial charge in [0.15, 0.2) is 5.78 Å². The topological polar surface area (TPSA) is 87.2 Å². The molecule has 0 bridgehead atoms. The maximum atomic E-state index is 14.0. The van der Waals surface area contributed by atoms with Gasteiger partial charge in [0.05, 0.1) is 28.4 Å². The first-order valence-corrected chi connectivity index (χ1v) is 14.9. The Balaban J connectivity index is 1.94. The number of fused-ring (bicyclic) bond motifs is 1. The highest BCUT2D eigenvalue weighted by Crippen LogP contribution is 2.49. The van der Waals surface area contributed by atoms with Crippen LogP contribution in [0.4, 0.5) is 54.8 Å². The van der Waals surface area contributed by atoms with Crippen molar-refractivity contribution in [2.45, 2.75) is 103 Å². The van der Waals surface area contributed by atoms with Crippen LogP contribution in [0.5, 0.6) is 0 Å². The first-order chi connectivity index (χ1) is 21.9. The molecule has 2 unspecified atom stereocenters. The zero-order valence-corrected chi connectivity index (χ0v) is 26.2. The van der Waals surface area contributed by atoms with Gasteiger partial charge in [-0.15, -0.1) is 0 Å². The van der Waals surface area contributed by atoms with E-state index in [1.165, 1.54) is 4.90 Å². The van der Waals surface area contributed by atoms with Gasteiger partial charge >= 0.3 is 30.7 Å². The molecule has 2 aliphatic rings. The number of anilines is 1. The number of hydrogen-bond acceptors (Lipinski definition) is 4. The number of ketones is 1. The van der Waals surface area contributed by atoms with Gasteiger partial charge in [0.25, 0.3) is 0 Å². The SMILES string of the molecule is CC(=O)c1c(C(F)(F)F)cc(CN(C(=O)O)C2CC(C3CCCC3)N(C(=O)OC(C)(C)C)c3ccc(C(F)(F)F)cc32)cc1C(F)(F)F. The second-order valence-electron chi connectivity index (χ2n) is 13.0. The van der Waals surface area contributed by atoms with Crippen molar-refractivity contribution >= 4 is 23.7 Å². The van der Waals surface area contributed by atoms with Crippen LogP contribution in [-0.2, 0) is 29.8 Å². The van der Waals surface area contributed by atoms with Crippen LogP contribution in [0.1, 0.15) is 104 Å². The van der Waals surface area contributed by atoms with Gasteiger partial charge < -0.3 is 9.84 Å². The zero-order valence-electron chi connectivity index (χ0n) is 26.2. The van der Waals surface area contributed by atoms with Crippen molar-refractivity contribution in [3.05, 3.63) is 63.7 Å². The van der Waals surface area contributed by atoms with Gasteiger partial charge in [-0.3, -0.25) is 14.6 Å². The minimum atomic E-state index is -5.45. The summed E-state index contributed by atoms with van der Waals surface area (Å²) in [6.07, 6.45) is -16.3. The van der Waals surface area contributed by atoms with Crippen molar-refractivity contribution < 1.29 is 63.7 Å². The fourth-order valence-electron chi connectivity index (χ4n) is 6.57. The molecule has 1 heterocycles. The summed E-state index contributed by atoms with van der Waals surface area (Å²) in [6.45, 7) is 4.13. The Morgan fingerprint density at radius 3 is 1.85 bits per heavy atom. The third-order valence-corrected chi connectivity index (χ3v) is 8.44. The van der Waals surface area contributed by atoms with E-state index in [1.54, 1.807) is 20.8 Å². The summed E-state index contributed by atoms with van der Waals surface area (Å²) in [6, 6.07) is 0.399. The number of carbonyl (C=O) groups excluding carboxylic acids is 2. The maximum absolute atomic E-state index is 14.0. The number of halogens is 9. The number of hydrogen-bond donors (Lipinski definition) is 1. The molecule has 2 amide bonds. The Hall–Kier alpha value is -3.98. The van der Waals surface area contributed by atoms with Crippen molar-refractivity contribution in [3.63, 3.8) is 0 Å². The molecule has 1 fully saturated rings. The second kappa shape index (κ2) is 12.8. The Morgan fingerprint density at radius 2 is 1.42 bits per heavy atom. The van der Waals surface area contributed by atoms with Crippen LogP contribution in [-0.4, -0.2) is 39.6 Å². The summed E-state index contributed by atoms with van der Waals surface area (Å²) < 4.78 is 131. The highest BCUT2D eigenvalue weighted by Gasteiger charge is 2.47. The molecule has 1 N–H and O–H groups in total. The van der Waals surface area contributed by atoms with E-state index in [0.717, 1.165) is 18.9 Å². The molecule has 2 aromatic rings. The summed E-state index contributed by atoms with van der Waals surface area (Å²) in [7, 11) is 0. The molecule has 1 saturated carbocycles.